The van der Waals surface area contributed by atoms with Gasteiger partial charge in [-0.3, -0.25) is 4.55 Å². The van der Waals surface area contributed by atoms with Crippen LogP contribution in [0.25, 0.3) is 0 Å². The lowest BCUT2D eigenvalue weighted by atomic mass is 9.81. The standard InChI is InChI=1S/C14H21N3O.C7H8O3S/c1-2-16-13(18)17-14(8-10-15-11-9-14)12-6-4-3-5-7-12;1-6-2-4-7(5-3-6)11(8,9)10/h3-7,15H,2,8-11H2,1H3,(H2,16,17,18);2-5H,1H3,(H,8,9,10). The summed E-state index contributed by atoms with van der Waals surface area (Å²) in [5.74, 6) is 0. The summed E-state index contributed by atoms with van der Waals surface area (Å²) in [5, 5.41) is 9.32. The van der Waals surface area contributed by atoms with Crippen LogP contribution >= 0.6 is 0 Å². The Morgan fingerprint density at radius 1 is 1.07 bits per heavy atom. The molecule has 1 fully saturated rings. The van der Waals surface area contributed by atoms with E-state index in [0.29, 0.717) is 6.54 Å². The summed E-state index contributed by atoms with van der Waals surface area (Å²) < 4.78 is 29.6. The van der Waals surface area contributed by atoms with E-state index in [1.54, 1.807) is 12.1 Å². The third-order valence-corrected chi connectivity index (χ3v) is 5.66. The van der Waals surface area contributed by atoms with Crippen molar-refractivity contribution < 1.29 is 17.8 Å². The minimum atomic E-state index is -4.02. The smallest absolute Gasteiger partial charge is 0.315 e. The van der Waals surface area contributed by atoms with Gasteiger partial charge >= 0.3 is 6.03 Å². The number of hydrogen-bond acceptors (Lipinski definition) is 4. The number of nitrogens with one attached hydrogen (secondary N) is 3. The van der Waals surface area contributed by atoms with E-state index in [-0.39, 0.29) is 16.5 Å². The second-order valence-corrected chi connectivity index (χ2v) is 8.39. The molecule has 1 aliphatic rings. The zero-order valence-electron chi connectivity index (χ0n) is 16.8. The van der Waals surface area contributed by atoms with Gasteiger partial charge in [0.1, 0.15) is 0 Å². The number of amides is 2. The molecule has 1 heterocycles. The third-order valence-electron chi connectivity index (χ3n) is 4.79. The van der Waals surface area contributed by atoms with Crippen molar-refractivity contribution in [2.45, 2.75) is 37.1 Å². The van der Waals surface area contributed by atoms with Crippen molar-refractivity contribution in [1.82, 2.24) is 16.0 Å². The fourth-order valence-electron chi connectivity index (χ4n) is 3.23. The van der Waals surface area contributed by atoms with Crippen LogP contribution in [0.1, 0.15) is 30.9 Å². The van der Waals surface area contributed by atoms with Crippen molar-refractivity contribution in [2.75, 3.05) is 19.6 Å². The van der Waals surface area contributed by atoms with Crippen molar-refractivity contribution in [3.63, 3.8) is 0 Å². The summed E-state index contributed by atoms with van der Waals surface area (Å²) in [6.45, 7) is 6.28. The molecule has 2 amide bonds. The summed E-state index contributed by atoms with van der Waals surface area (Å²) >= 11 is 0. The van der Waals surface area contributed by atoms with E-state index < -0.39 is 10.1 Å². The Bertz CT molecular complexity index is 878. The average Bonchev–Trinajstić information content (AvgIpc) is 2.70. The molecule has 2 aromatic rings. The number of hydrogen-bond donors (Lipinski definition) is 4. The number of carbonyl (C=O) groups excluding carboxylic acids is 1. The van der Waals surface area contributed by atoms with Crippen molar-refractivity contribution in [2.24, 2.45) is 0 Å². The van der Waals surface area contributed by atoms with Gasteiger partial charge in [0.05, 0.1) is 10.4 Å². The van der Waals surface area contributed by atoms with Gasteiger partial charge in [-0.25, -0.2) is 4.79 Å². The van der Waals surface area contributed by atoms with E-state index in [1.165, 1.54) is 17.7 Å². The zero-order chi connectivity index (χ0) is 21.3. The number of piperidine rings is 1. The lowest BCUT2D eigenvalue weighted by molar-refractivity contribution is 0.207. The molecule has 0 bridgehead atoms. The van der Waals surface area contributed by atoms with Gasteiger partial charge in [-0.05, 0) is 57.5 Å². The Hall–Kier alpha value is -2.42. The monoisotopic (exact) mass is 419 g/mol. The molecule has 0 aromatic heterocycles. The molecule has 0 radical (unpaired) electrons. The Morgan fingerprint density at radius 3 is 2.17 bits per heavy atom. The normalized spacial score (nSPS) is 15.6. The molecule has 29 heavy (non-hydrogen) atoms. The summed E-state index contributed by atoms with van der Waals surface area (Å²) in [7, 11) is -4.02. The number of benzene rings is 2. The van der Waals surface area contributed by atoms with Gasteiger partial charge < -0.3 is 16.0 Å². The van der Waals surface area contributed by atoms with Crippen LogP contribution in [-0.2, 0) is 15.7 Å². The molecule has 1 aliphatic heterocycles. The van der Waals surface area contributed by atoms with E-state index in [0.717, 1.165) is 31.5 Å². The van der Waals surface area contributed by atoms with Gasteiger partial charge in [0, 0.05) is 6.54 Å². The van der Waals surface area contributed by atoms with Crippen LogP contribution in [0.5, 0.6) is 0 Å². The summed E-state index contributed by atoms with van der Waals surface area (Å²) in [6, 6.07) is 16.2. The highest BCUT2D eigenvalue weighted by molar-refractivity contribution is 7.85. The van der Waals surface area contributed by atoms with Gasteiger partial charge in [0.2, 0.25) is 0 Å². The number of aryl methyl sites for hydroxylation is 1. The van der Waals surface area contributed by atoms with E-state index in [9.17, 15) is 13.2 Å². The molecule has 4 N–H and O–H groups in total. The van der Waals surface area contributed by atoms with Gasteiger partial charge in [-0.2, -0.15) is 8.42 Å². The highest BCUT2D eigenvalue weighted by atomic mass is 32.2. The highest BCUT2D eigenvalue weighted by Crippen LogP contribution is 2.30. The summed E-state index contributed by atoms with van der Waals surface area (Å²) in [4.78, 5) is 11.8. The highest BCUT2D eigenvalue weighted by Gasteiger charge is 2.35. The predicted molar refractivity (Wildman–Crippen MR) is 113 cm³/mol. The summed E-state index contributed by atoms with van der Waals surface area (Å²) in [6.07, 6.45) is 1.85. The molecule has 7 nitrogen and oxygen atoms in total. The van der Waals surface area contributed by atoms with Crippen LogP contribution in [0, 0.1) is 6.92 Å². The second kappa shape index (κ2) is 10.4. The maximum absolute atomic E-state index is 11.8. The zero-order valence-corrected chi connectivity index (χ0v) is 17.6. The summed E-state index contributed by atoms with van der Waals surface area (Å²) in [5.41, 5.74) is 1.92. The SMILES string of the molecule is CCNC(=O)NC1(c2ccccc2)CCNCC1.Cc1ccc(S(=O)(=O)O)cc1. The quantitative estimate of drug-likeness (QED) is 0.570. The number of rotatable bonds is 4. The Morgan fingerprint density at radius 2 is 1.66 bits per heavy atom. The number of urea groups is 1. The van der Waals surface area contributed by atoms with E-state index >= 15 is 0 Å². The molecule has 0 unspecified atom stereocenters. The molecule has 0 aliphatic carbocycles. The molecule has 1 saturated heterocycles. The molecule has 158 valence electrons. The van der Waals surface area contributed by atoms with Gasteiger partial charge in [-0.1, -0.05) is 48.0 Å². The van der Waals surface area contributed by atoms with Crippen molar-refractivity contribution in [3.8, 4) is 0 Å². The molecule has 2 aromatic carbocycles. The molecule has 0 atom stereocenters. The van der Waals surface area contributed by atoms with Crippen LogP contribution in [0.3, 0.4) is 0 Å². The fourth-order valence-corrected chi connectivity index (χ4v) is 3.71. The molecular weight excluding hydrogens is 390 g/mol. The first-order valence-electron chi connectivity index (χ1n) is 9.63. The van der Waals surface area contributed by atoms with Crippen LogP contribution < -0.4 is 16.0 Å². The first-order valence-corrected chi connectivity index (χ1v) is 11.1. The van der Waals surface area contributed by atoms with E-state index in [4.69, 9.17) is 4.55 Å². The Kier molecular flexibility index (Phi) is 8.19. The van der Waals surface area contributed by atoms with Crippen LogP contribution in [0.2, 0.25) is 0 Å². The molecule has 0 spiro atoms. The third kappa shape index (κ3) is 6.85. The Balaban J connectivity index is 0.000000234. The predicted octanol–water partition coefficient (Wildman–Crippen LogP) is 2.83. The maximum atomic E-state index is 11.8. The Labute approximate surface area is 172 Å². The van der Waals surface area contributed by atoms with E-state index in [1.807, 2.05) is 32.0 Å². The van der Waals surface area contributed by atoms with Crippen LogP contribution in [0.15, 0.2) is 59.5 Å². The molecular formula is C21H29N3O4S. The van der Waals surface area contributed by atoms with Gasteiger partial charge in [-0.15, -0.1) is 0 Å². The van der Waals surface area contributed by atoms with Crippen LogP contribution in [0.4, 0.5) is 4.79 Å². The second-order valence-electron chi connectivity index (χ2n) is 6.97. The maximum Gasteiger partial charge on any atom is 0.315 e. The average molecular weight is 420 g/mol. The minimum absolute atomic E-state index is 0.0666. The largest absolute Gasteiger partial charge is 0.338 e. The first kappa shape index (κ1) is 22.9. The molecule has 0 saturated carbocycles. The fraction of sp³-hybridized carbons (Fsp3) is 0.381. The van der Waals surface area contributed by atoms with Crippen molar-refractivity contribution in [1.29, 1.82) is 0 Å². The van der Waals surface area contributed by atoms with Crippen LogP contribution in [-0.4, -0.2) is 38.6 Å². The lowest BCUT2D eigenvalue weighted by Crippen LogP contribution is -2.54. The first-order chi connectivity index (χ1) is 13.8. The van der Waals surface area contributed by atoms with Gasteiger partial charge in [0.15, 0.2) is 0 Å². The van der Waals surface area contributed by atoms with E-state index in [2.05, 4.69) is 28.1 Å². The molecule has 8 heteroatoms. The van der Waals surface area contributed by atoms with Gasteiger partial charge in [0.25, 0.3) is 10.1 Å². The van der Waals surface area contributed by atoms with Crippen molar-refractivity contribution >= 4 is 16.1 Å². The van der Waals surface area contributed by atoms with Crippen molar-refractivity contribution in [3.05, 3.63) is 65.7 Å². The minimum Gasteiger partial charge on any atom is -0.338 e. The lowest BCUT2D eigenvalue weighted by Gasteiger charge is -2.39. The number of carbonyl (C=O) groups is 1. The topological polar surface area (TPSA) is 108 Å². The molecule has 3 rings (SSSR count).